The predicted octanol–water partition coefficient (Wildman–Crippen LogP) is 3.68. The molecule has 2 rings (SSSR count). The quantitative estimate of drug-likeness (QED) is 0.803. The van der Waals surface area contributed by atoms with Gasteiger partial charge in [-0.25, -0.2) is 4.39 Å². The zero-order valence-electron chi connectivity index (χ0n) is 10.2. The highest BCUT2D eigenvalue weighted by molar-refractivity contribution is 5.72. The van der Waals surface area contributed by atoms with E-state index < -0.39 is 0 Å². The van der Waals surface area contributed by atoms with Crippen LogP contribution in [0.1, 0.15) is 11.1 Å². The number of hydrogen-bond acceptors (Lipinski definition) is 2. The summed E-state index contributed by atoms with van der Waals surface area (Å²) in [5.74, 6) is 0.365. The summed E-state index contributed by atoms with van der Waals surface area (Å²) in [4.78, 5) is 0. The van der Waals surface area contributed by atoms with Crippen molar-refractivity contribution in [3.8, 4) is 22.9 Å². The fourth-order valence-electron chi connectivity index (χ4n) is 1.80. The fourth-order valence-corrected chi connectivity index (χ4v) is 1.80. The highest BCUT2D eigenvalue weighted by atomic mass is 19.1. The fraction of sp³-hybridized carbons (Fsp3) is 0.133. The minimum atomic E-state index is -0.313. The number of benzene rings is 2. The lowest BCUT2D eigenvalue weighted by atomic mass is 9.98. The van der Waals surface area contributed by atoms with Crippen LogP contribution in [0.2, 0.25) is 0 Å². The van der Waals surface area contributed by atoms with Crippen molar-refractivity contribution < 1.29 is 9.13 Å². The summed E-state index contributed by atoms with van der Waals surface area (Å²) >= 11 is 0. The van der Waals surface area contributed by atoms with Crippen molar-refractivity contribution >= 4 is 0 Å². The molecule has 0 aliphatic heterocycles. The third-order valence-electron chi connectivity index (χ3n) is 2.80. The Hall–Kier alpha value is -2.34. The summed E-state index contributed by atoms with van der Waals surface area (Å²) in [5.41, 5.74) is 2.28. The van der Waals surface area contributed by atoms with E-state index in [0.29, 0.717) is 22.4 Å². The molecule has 2 aromatic rings. The largest absolute Gasteiger partial charge is 0.497 e. The van der Waals surface area contributed by atoms with E-state index in [1.54, 1.807) is 32.2 Å². The summed E-state index contributed by atoms with van der Waals surface area (Å²) in [6.07, 6.45) is 0. The van der Waals surface area contributed by atoms with E-state index in [-0.39, 0.29) is 5.82 Å². The van der Waals surface area contributed by atoms with Crippen LogP contribution in [0, 0.1) is 24.1 Å². The van der Waals surface area contributed by atoms with Gasteiger partial charge in [-0.1, -0.05) is 12.1 Å². The number of halogens is 1. The van der Waals surface area contributed by atoms with Gasteiger partial charge in [0.2, 0.25) is 0 Å². The molecule has 0 radical (unpaired) electrons. The second-order valence-corrected chi connectivity index (χ2v) is 3.99. The number of hydrogen-bond donors (Lipinski definition) is 0. The van der Waals surface area contributed by atoms with Crippen LogP contribution in [-0.4, -0.2) is 7.11 Å². The number of nitriles is 1. The molecular formula is C15H12FNO. The van der Waals surface area contributed by atoms with Crippen LogP contribution in [-0.2, 0) is 0 Å². The molecule has 3 heteroatoms. The molecule has 0 amide bonds. The molecule has 0 aliphatic carbocycles. The second kappa shape index (κ2) is 4.89. The summed E-state index contributed by atoms with van der Waals surface area (Å²) in [7, 11) is 1.57. The van der Waals surface area contributed by atoms with Gasteiger partial charge in [-0.15, -0.1) is 0 Å². The Bertz CT molecular complexity index is 629. The second-order valence-electron chi connectivity index (χ2n) is 3.99. The van der Waals surface area contributed by atoms with Crippen molar-refractivity contribution in [3.05, 3.63) is 53.3 Å². The molecule has 0 aliphatic rings. The van der Waals surface area contributed by atoms with Crippen molar-refractivity contribution in [2.75, 3.05) is 7.11 Å². The number of methoxy groups -OCH3 is 1. The molecule has 0 N–H and O–H groups in total. The molecule has 90 valence electrons. The average molecular weight is 241 g/mol. The topological polar surface area (TPSA) is 33.0 Å². The Kier molecular flexibility index (Phi) is 3.29. The van der Waals surface area contributed by atoms with Crippen molar-refractivity contribution in [1.29, 1.82) is 5.26 Å². The van der Waals surface area contributed by atoms with Gasteiger partial charge in [0.1, 0.15) is 11.6 Å². The Morgan fingerprint density at radius 1 is 1.22 bits per heavy atom. The molecule has 0 heterocycles. The van der Waals surface area contributed by atoms with Crippen LogP contribution in [0.3, 0.4) is 0 Å². The SMILES string of the molecule is COc1cccc(-c2cc(F)c(C)cc2C#N)c1. The highest BCUT2D eigenvalue weighted by Gasteiger charge is 2.09. The zero-order valence-corrected chi connectivity index (χ0v) is 10.2. The maximum atomic E-state index is 13.6. The predicted molar refractivity (Wildman–Crippen MR) is 67.8 cm³/mol. The molecule has 0 spiro atoms. The lowest BCUT2D eigenvalue weighted by Gasteiger charge is -2.08. The number of rotatable bonds is 2. The van der Waals surface area contributed by atoms with Gasteiger partial charge < -0.3 is 4.74 Å². The Balaban J connectivity index is 2.63. The Labute approximate surface area is 105 Å². The van der Waals surface area contributed by atoms with E-state index >= 15 is 0 Å². The van der Waals surface area contributed by atoms with E-state index in [0.717, 1.165) is 5.56 Å². The monoisotopic (exact) mass is 241 g/mol. The molecule has 2 aromatic carbocycles. The van der Waals surface area contributed by atoms with Crippen LogP contribution in [0.25, 0.3) is 11.1 Å². The van der Waals surface area contributed by atoms with Gasteiger partial charge in [-0.2, -0.15) is 5.26 Å². The van der Waals surface area contributed by atoms with Crippen LogP contribution in [0.15, 0.2) is 36.4 Å². The molecule has 0 fully saturated rings. The lowest BCUT2D eigenvalue weighted by Crippen LogP contribution is -1.91. The summed E-state index contributed by atoms with van der Waals surface area (Å²) in [6.45, 7) is 1.64. The van der Waals surface area contributed by atoms with Crippen molar-refractivity contribution in [2.45, 2.75) is 6.92 Å². The number of ether oxygens (including phenoxy) is 1. The molecule has 18 heavy (non-hydrogen) atoms. The summed E-state index contributed by atoms with van der Waals surface area (Å²) in [6, 6.07) is 12.3. The first-order valence-electron chi connectivity index (χ1n) is 5.50. The van der Waals surface area contributed by atoms with Gasteiger partial charge in [-0.05, 0) is 42.3 Å². The molecule has 0 unspecified atom stereocenters. The van der Waals surface area contributed by atoms with Crippen LogP contribution in [0.4, 0.5) is 4.39 Å². The average Bonchev–Trinajstić information content (AvgIpc) is 2.41. The van der Waals surface area contributed by atoms with Gasteiger partial charge in [0.05, 0.1) is 18.7 Å². The van der Waals surface area contributed by atoms with Gasteiger partial charge in [0.25, 0.3) is 0 Å². The Morgan fingerprint density at radius 2 is 2.00 bits per heavy atom. The van der Waals surface area contributed by atoms with E-state index in [2.05, 4.69) is 6.07 Å². The van der Waals surface area contributed by atoms with Gasteiger partial charge in [0.15, 0.2) is 0 Å². The minimum Gasteiger partial charge on any atom is -0.497 e. The molecule has 0 saturated carbocycles. The molecule has 0 bridgehead atoms. The highest BCUT2D eigenvalue weighted by Crippen LogP contribution is 2.28. The first-order valence-corrected chi connectivity index (χ1v) is 5.50. The van der Waals surface area contributed by atoms with Crippen LogP contribution in [0.5, 0.6) is 5.75 Å². The van der Waals surface area contributed by atoms with Gasteiger partial charge >= 0.3 is 0 Å². The summed E-state index contributed by atoms with van der Waals surface area (Å²) < 4.78 is 18.8. The normalized spacial score (nSPS) is 9.89. The van der Waals surface area contributed by atoms with Crippen LogP contribution < -0.4 is 4.74 Å². The maximum Gasteiger partial charge on any atom is 0.126 e. The third-order valence-corrected chi connectivity index (χ3v) is 2.80. The Morgan fingerprint density at radius 3 is 2.67 bits per heavy atom. The number of nitrogens with zero attached hydrogens (tertiary/aromatic N) is 1. The first-order chi connectivity index (χ1) is 8.65. The molecule has 0 saturated heterocycles. The van der Waals surface area contributed by atoms with E-state index in [4.69, 9.17) is 10.00 Å². The standard InChI is InChI=1S/C15H12FNO/c1-10-6-12(9-17)14(8-15(10)16)11-4-3-5-13(7-11)18-2/h3-8H,1-2H3. The van der Waals surface area contributed by atoms with Crippen molar-refractivity contribution in [1.82, 2.24) is 0 Å². The van der Waals surface area contributed by atoms with E-state index in [9.17, 15) is 4.39 Å². The number of aryl methyl sites for hydroxylation is 1. The van der Waals surface area contributed by atoms with Gasteiger partial charge in [0, 0.05) is 5.56 Å². The maximum absolute atomic E-state index is 13.6. The molecular weight excluding hydrogens is 229 g/mol. The summed E-state index contributed by atoms with van der Waals surface area (Å²) in [5, 5.41) is 9.12. The third kappa shape index (κ3) is 2.18. The zero-order chi connectivity index (χ0) is 13.1. The molecule has 0 aromatic heterocycles. The molecule has 0 atom stereocenters. The minimum absolute atomic E-state index is 0.313. The lowest BCUT2D eigenvalue weighted by molar-refractivity contribution is 0.415. The van der Waals surface area contributed by atoms with Crippen molar-refractivity contribution in [2.24, 2.45) is 0 Å². The molecule has 2 nitrogen and oxygen atoms in total. The first kappa shape index (κ1) is 12.1. The smallest absolute Gasteiger partial charge is 0.126 e. The van der Waals surface area contributed by atoms with Gasteiger partial charge in [-0.3, -0.25) is 0 Å². The van der Waals surface area contributed by atoms with Crippen molar-refractivity contribution in [3.63, 3.8) is 0 Å². The van der Waals surface area contributed by atoms with E-state index in [1.807, 2.05) is 12.1 Å². The van der Waals surface area contributed by atoms with E-state index in [1.165, 1.54) is 6.07 Å². The van der Waals surface area contributed by atoms with Crippen LogP contribution >= 0.6 is 0 Å².